The molecule has 108 valence electrons. The van der Waals surface area contributed by atoms with Crippen molar-refractivity contribution in [3.05, 3.63) is 35.9 Å². The van der Waals surface area contributed by atoms with Gasteiger partial charge in [-0.05, 0) is 36.2 Å². The highest BCUT2D eigenvalue weighted by Gasteiger charge is 2.12. The number of hydrogen-bond acceptors (Lipinski definition) is 2. The number of benzene rings is 1. The summed E-state index contributed by atoms with van der Waals surface area (Å²) in [5.41, 5.74) is 1.23. The van der Waals surface area contributed by atoms with E-state index in [0.29, 0.717) is 31.0 Å². The second-order valence-corrected chi connectivity index (χ2v) is 5.97. The summed E-state index contributed by atoms with van der Waals surface area (Å²) in [6, 6.07) is 10.3. The van der Waals surface area contributed by atoms with E-state index in [1.54, 1.807) is 0 Å². The second kappa shape index (κ2) is 9.11. The molecule has 0 radical (unpaired) electrons. The molecule has 0 amide bonds. The molecule has 1 N–H and O–H groups in total. The lowest BCUT2D eigenvalue weighted by Crippen LogP contribution is -2.13. The van der Waals surface area contributed by atoms with E-state index in [4.69, 9.17) is 9.84 Å². The van der Waals surface area contributed by atoms with Crippen molar-refractivity contribution >= 4 is 0 Å². The fraction of sp³-hybridized carbons (Fsp3) is 0.647. The molecule has 1 rings (SSSR count). The molecule has 0 aromatic heterocycles. The van der Waals surface area contributed by atoms with Gasteiger partial charge in [0.1, 0.15) is 0 Å². The highest BCUT2D eigenvalue weighted by molar-refractivity contribution is 5.13. The first-order chi connectivity index (χ1) is 9.11. The maximum Gasteiger partial charge on any atom is 0.0717 e. The van der Waals surface area contributed by atoms with E-state index in [1.165, 1.54) is 12.0 Å². The van der Waals surface area contributed by atoms with Gasteiger partial charge in [0.15, 0.2) is 0 Å². The molecule has 0 heterocycles. The summed E-state index contributed by atoms with van der Waals surface area (Å²) in [4.78, 5) is 0. The number of aliphatic hydroxyl groups excluding tert-OH is 1. The summed E-state index contributed by atoms with van der Waals surface area (Å²) in [5.74, 6) is 1.63. The molecule has 1 aromatic carbocycles. The molecule has 0 bridgehead atoms. The minimum absolute atomic E-state index is 0.295. The monoisotopic (exact) mass is 264 g/mol. The van der Waals surface area contributed by atoms with E-state index in [9.17, 15) is 0 Å². The quantitative estimate of drug-likeness (QED) is 0.733. The Bertz CT molecular complexity index is 323. The van der Waals surface area contributed by atoms with Crippen molar-refractivity contribution < 1.29 is 9.84 Å². The molecule has 0 spiro atoms. The average molecular weight is 264 g/mol. The van der Waals surface area contributed by atoms with Crippen LogP contribution in [0.5, 0.6) is 0 Å². The minimum Gasteiger partial charge on any atom is -0.396 e. The van der Waals surface area contributed by atoms with Gasteiger partial charge >= 0.3 is 0 Å². The molecule has 0 aliphatic heterocycles. The summed E-state index contributed by atoms with van der Waals surface area (Å²) < 4.78 is 5.76. The molecule has 0 saturated heterocycles. The van der Waals surface area contributed by atoms with Crippen LogP contribution in [0.2, 0.25) is 0 Å². The Hall–Kier alpha value is -0.860. The Morgan fingerprint density at radius 2 is 1.58 bits per heavy atom. The van der Waals surface area contributed by atoms with E-state index in [-0.39, 0.29) is 0 Å². The Balaban J connectivity index is 2.15. The van der Waals surface area contributed by atoms with Gasteiger partial charge in [0.2, 0.25) is 0 Å². The minimum atomic E-state index is 0.295. The molecule has 0 aliphatic carbocycles. The zero-order chi connectivity index (χ0) is 14.1. The van der Waals surface area contributed by atoms with Crippen LogP contribution in [0.15, 0.2) is 30.3 Å². The molecule has 2 nitrogen and oxygen atoms in total. The number of rotatable bonds is 9. The summed E-state index contributed by atoms with van der Waals surface area (Å²) in [6.45, 7) is 8.42. The lowest BCUT2D eigenvalue weighted by atomic mass is 9.90. The van der Waals surface area contributed by atoms with E-state index in [1.807, 2.05) is 18.2 Å². The van der Waals surface area contributed by atoms with Crippen LogP contribution in [0.3, 0.4) is 0 Å². The first kappa shape index (κ1) is 16.2. The van der Waals surface area contributed by atoms with Gasteiger partial charge in [0.25, 0.3) is 0 Å². The number of aliphatic hydroxyl groups is 1. The lowest BCUT2D eigenvalue weighted by molar-refractivity contribution is 0.0825. The summed E-state index contributed by atoms with van der Waals surface area (Å²) in [6.07, 6.45) is 2.26. The molecule has 0 aliphatic rings. The number of ether oxygens (including phenoxy) is 1. The summed E-state index contributed by atoms with van der Waals surface area (Å²) in [7, 11) is 0. The molecule has 0 unspecified atom stereocenters. The fourth-order valence-electron chi connectivity index (χ4n) is 2.56. The fourth-order valence-corrected chi connectivity index (χ4v) is 2.56. The SMILES string of the molecule is C[C@H](C[C@H](C)COCc1ccccc1)C[C@@H](C)CO. The third-order valence-electron chi connectivity index (χ3n) is 3.44. The summed E-state index contributed by atoms with van der Waals surface area (Å²) >= 11 is 0. The molecular weight excluding hydrogens is 236 g/mol. The molecule has 2 heteroatoms. The topological polar surface area (TPSA) is 29.5 Å². The van der Waals surface area contributed by atoms with Crippen LogP contribution < -0.4 is 0 Å². The normalized spacial score (nSPS) is 16.0. The van der Waals surface area contributed by atoms with Crippen molar-refractivity contribution in [2.24, 2.45) is 17.8 Å². The van der Waals surface area contributed by atoms with Crippen molar-refractivity contribution in [1.82, 2.24) is 0 Å². The highest BCUT2D eigenvalue weighted by Crippen LogP contribution is 2.20. The Kier molecular flexibility index (Phi) is 7.76. The van der Waals surface area contributed by atoms with Crippen LogP contribution in [0.1, 0.15) is 39.2 Å². The first-order valence-electron chi connectivity index (χ1n) is 7.34. The van der Waals surface area contributed by atoms with Gasteiger partial charge in [-0.15, -0.1) is 0 Å². The molecule has 0 saturated carbocycles. The molecular formula is C17H28O2. The predicted molar refractivity (Wildman–Crippen MR) is 79.9 cm³/mol. The lowest BCUT2D eigenvalue weighted by Gasteiger charge is -2.19. The first-order valence-corrected chi connectivity index (χ1v) is 7.34. The average Bonchev–Trinajstić information content (AvgIpc) is 2.39. The van der Waals surface area contributed by atoms with Gasteiger partial charge in [-0.1, -0.05) is 51.1 Å². The van der Waals surface area contributed by atoms with Gasteiger partial charge in [-0.25, -0.2) is 0 Å². The van der Waals surface area contributed by atoms with Gasteiger partial charge in [0.05, 0.1) is 6.61 Å². The van der Waals surface area contributed by atoms with E-state index in [2.05, 4.69) is 32.9 Å². The van der Waals surface area contributed by atoms with Crippen molar-refractivity contribution in [2.45, 2.75) is 40.2 Å². The van der Waals surface area contributed by atoms with E-state index >= 15 is 0 Å². The molecule has 0 fully saturated rings. The third kappa shape index (κ3) is 7.34. The zero-order valence-electron chi connectivity index (χ0n) is 12.5. The Morgan fingerprint density at radius 3 is 2.21 bits per heavy atom. The summed E-state index contributed by atoms with van der Waals surface area (Å²) in [5, 5.41) is 9.06. The Morgan fingerprint density at radius 1 is 0.947 bits per heavy atom. The van der Waals surface area contributed by atoms with Crippen LogP contribution in [-0.4, -0.2) is 18.3 Å². The smallest absolute Gasteiger partial charge is 0.0717 e. The van der Waals surface area contributed by atoms with E-state index in [0.717, 1.165) is 13.0 Å². The zero-order valence-corrected chi connectivity index (χ0v) is 12.5. The Labute approximate surface area is 117 Å². The second-order valence-electron chi connectivity index (χ2n) is 5.97. The predicted octanol–water partition coefficient (Wildman–Crippen LogP) is 3.88. The molecule has 1 aromatic rings. The van der Waals surface area contributed by atoms with Crippen LogP contribution in [-0.2, 0) is 11.3 Å². The van der Waals surface area contributed by atoms with Crippen LogP contribution in [0.4, 0.5) is 0 Å². The molecule has 3 atom stereocenters. The third-order valence-corrected chi connectivity index (χ3v) is 3.44. The standard InChI is InChI=1S/C17H28O2/c1-14(9-15(2)11-18)10-16(3)12-19-13-17-7-5-4-6-8-17/h4-8,14-16,18H,9-13H2,1-3H3/t14-,15+,16-/m0/s1. The van der Waals surface area contributed by atoms with Gasteiger partial charge in [-0.2, -0.15) is 0 Å². The van der Waals surface area contributed by atoms with Crippen molar-refractivity contribution in [3.8, 4) is 0 Å². The number of hydrogen-bond donors (Lipinski definition) is 1. The van der Waals surface area contributed by atoms with E-state index < -0.39 is 0 Å². The van der Waals surface area contributed by atoms with Crippen molar-refractivity contribution in [1.29, 1.82) is 0 Å². The van der Waals surface area contributed by atoms with Gasteiger partial charge in [-0.3, -0.25) is 0 Å². The van der Waals surface area contributed by atoms with Gasteiger partial charge in [0, 0.05) is 13.2 Å². The maximum absolute atomic E-state index is 9.06. The molecule has 19 heavy (non-hydrogen) atoms. The van der Waals surface area contributed by atoms with Crippen molar-refractivity contribution in [3.63, 3.8) is 0 Å². The largest absolute Gasteiger partial charge is 0.396 e. The van der Waals surface area contributed by atoms with Crippen LogP contribution in [0, 0.1) is 17.8 Å². The van der Waals surface area contributed by atoms with Gasteiger partial charge < -0.3 is 9.84 Å². The van der Waals surface area contributed by atoms with Crippen molar-refractivity contribution in [2.75, 3.05) is 13.2 Å². The highest BCUT2D eigenvalue weighted by atomic mass is 16.5. The maximum atomic E-state index is 9.06. The van der Waals surface area contributed by atoms with Crippen LogP contribution >= 0.6 is 0 Å². The van der Waals surface area contributed by atoms with Crippen LogP contribution in [0.25, 0.3) is 0 Å².